The van der Waals surface area contributed by atoms with Gasteiger partial charge in [0, 0.05) is 26.2 Å². The van der Waals surface area contributed by atoms with Crippen LogP contribution in [-0.2, 0) is 9.53 Å². The smallest absolute Gasteiger partial charge is 0.360 e. The summed E-state index contributed by atoms with van der Waals surface area (Å²) in [5, 5.41) is 8.10. The van der Waals surface area contributed by atoms with Crippen molar-refractivity contribution < 1.29 is 19.1 Å². The molecule has 0 aliphatic carbocycles. The molecule has 1 aromatic heterocycles. The molecule has 0 spiro atoms. The molecule has 4 rings (SSSR count). The van der Waals surface area contributed by atoms with Gasteiger partial charge in [-0.2, -0.15) is 0 Å². The minimum Gasteiger partial charge on any atom is -0.497 e. The molecule has 0 unspecified atom stereocenters. The lowest BCUT2D eigenvalue weighted by Gasteiger charge is -2.28. The second-order valence-corrected chi connectivity index (χ2v) is 8.85. The van der Waals surface area contributed by atoms with Crippen LogP contribution in [-0.4, -0.2) is 83.1 Å². The Labute approximate surface area is 200 Å². The van der Waals surface area contributed by atoms with Gasteiger partial charge in [-0.15, -0.1) is 5.10 Å². The minimum atomic E-state index is -0.513. The number of nitrogens with zero attached hydrogens (tertiary/aromatic N) is 5. The van der Waals surface area contributed by atoms with Crippen molar-refractivity contribution in [1.29, 1.82) is 0 Å². The average molecular weight is 468 g/mol. The fourth-order valence-electron chi connectivity index (χ4n) is 4.72. The molecule has 0 N–H and O–H groups in total. The zero-order valence-electron chi connectivity index (χ0n) is 19.9. The van der Waals surface area contributed by atoms with Crippen molar-refractivity contribution in [2.45, 2.75) is 44.2 Å². The van der Waals surface area contributed by atoms with E-state index in [1.54, 1.807) is 18.0 Å². The van der Waals surface area contributed by atoms with Crippen molar-refractivity contribution in [3.05, 3.63) is 47.8 Å². The van der Waals surface area contributed by atoms with Crippen LogP contribution in [0.15, 0.2) is 36.5 Å². The molecule has 9 heteroatoms. The van der Waals surface area contributed by atoms with Gasteiger partial charge in [0.05, 0.1) is 32.5 Å². The number of carbonyl (C=O) groups excluding carboxylic acids is 2. The fourth-order valence-corrected chi connectivity index (χ4v) is 4.72. The Morgan fingerprint density at radius 3 is 2.50 bits per heavy atom. The minimum absolute atomic E-state index is 0.0405. The number of amides is 1. The van der Waals surface area contributed by atoms with E-state index in [1.165, 1.54) is 20.0 Å². The Morgan fingerprint density at radius 2 is 1.82 bits per heavy atom. The maximum absolute atomic E-state index is 13.5. The molecule has 2 atom stereocenters. The Balaban J connectivity index is 1.49. The second-order valence-electron chi connectivity index (χ2n) is 8.85. The van der Waals surface area contributed by atoms with Gasteiger partial charge in [-0.1, -0.05) is 42.3 Å². The third kappa shape index (κ3) is 5.64. The average Bonchev–Trinajstić information content (AvgIpc) is 3.43. The molecule has 1 aromatic carbocycles. The zero-order chi connectivity index (χ0) is 23.9. The highest BCUT2D eigenvalue weighted by atomic mass is 16.5. The number of esters is 1. The SMILES string of the molecule is COC(=O)c1cn([C@@H]2C[C@@H](C(=O)N3CCCCCC3)N(C/C=C/c3ccc(OC)cc3)C2)nn1. The Hall–Kier alpha value is -3.20. The second kappa shape index (κ2) is 11.3. The first-order chi connectivity index (χ1) is 16.6. The number of benzene rings is 1. The van der Waals surface area contributed by atoms with Crippen LogP contribution in [0.4, 0.5) is 0 Å². The number of carbonyl (C=O) groups is 2. The maximum Gasteiger partial charge on any atom is 0.360 e. The van der Waals surface area contributed by atoms with Crippen LogP contribution in [0.25, 0.3) is 6.08 Å². The Kier molecular flexibility index (Phi) is 7.95. The van der Waals surface area contributed by atoms with Gasteiger partial charge in [0.1, 0.15) is 5.75 Å². The number of ether oxygens (including phenoxy) is 2. The van der Waals surface area contributed by atoms with E-state index in [2.05, 4.69) is 27.4 Å². The van der Waals surface area contributed by atoms with Crippen molar-refractivity contribution in [1.82, 2.24) is 24.8 Å². The van der Waals surface area contributed by atoms with E-state index in [0.717, 1.165) is 37.2 Å². The van der Waals surface area contributed by atoms with Crippen LogP contribution in [0.2, 0.25) is 0 Å². The molecule has 3 heterocycles. The summed E-state index contributed by atoms with van der Waals surface area (Å²) in [6, 6.07) is 7.61. The highest BCUT2D eigenvalue weighted by Gasteiger charge is 2.39. The molecule has 0 radical (unpaired) electrons. The summed E-state index contributed by atoms with van der Waals surface area (Å²) in [6.45, 7) is 2.95. The Morgan fingerprint density at radius 1 is 1.09 bits per heavy atom. The molecular weight excluding hydrogens is 434 g/mol. The van der Waals surface area contributed by atoms with E-state index in [-0.39, 0.29) is 23.7 Å². The van der Waals surface area contributed by atoms with Crippen LogP contribution >= 0.6 is 0 Å². The number of aromatic nitrogens is 3. The molecule has 0 bridgehead atoms. The van der Waals surface area contributed by atoms with Gasteiger partial charge >= 0.3 is 5.97 Å². The fraction of sp³-hybridized carbons (Fsp3) is 0.520. The monoisotopic (exact) mass is 467 g/mol. The summed E-state index contributed by atoms with van der Waals surface area (Å²) in [7, 11) is 2.98. The summed E-state index contributed by atoms with van der Waals surface area (Å²) in [4.78, 5) is 29.6. The van der Waals surface area contributed by atoms with Crippen LogP contribution < -0.4 is 4.74 Å². The van der Waals surface area contributed by atoms with Gasteiger partial charge in [-0.3, -0.25) is 9.69 Å². The van der Waals surface area contributed by atoms with Crippen LogP contribution in [0, 0.1) is 0 Å². The molecule has 0 saturated carbocycles. The molecular formula is C25H33N5O4. The lowest BCUT2D eigenvalue weighted by molar-refractivity contribution is -0.135. The number of rotatable bonds is 7. The van der Waals surface area contributed by atoms with Crippen LogP contribution in [0.5, 0.6) is 5.75 Å². The summed E-state index contributed by atoms with van der Waals surface area (Å²) >= 11 is 0. The van der Waals surface area contributed by atoms with Gasteiger partial charge in [-0.25, -0.2) is 9.48 Å². The molecule has 2 saturated heterocycles. The summed E-state index contributed by atoms with van der Waals surface area (Å²) in [6.07, 6.45) is 10.9. The summed E-state index contributed by atoms with van der Waals surface area (Å²) < 4.78 is 11.7. The van der Waals surface area contributed by atoms with Crippen molar-refractivity contribution in [3.63, 3.8) is 0 Å². The molecule has 34 heavy (non-hydrogen) atoms. The predicted octanol–water partition coefficient (Wildman–Crippen LogP) is 2.80. The lowest BCUT2D eigenvalue weighted by Crippen LogP contribution is -2.46. The third-order valence-electron chi connectivity index (χ3n) is 6.63. The quantitative estimate of drug-likeness (QED) is 0.579. The van der Waals surface area contributed by atoms with Crippen LogP contribution in [0.3, 0.4) is 0 Å². The van der Waals surface area contributed by atoms with Gasteiger partial charge in [-0.05, 0) is 37.0 Å². The van der Waals surface area contributed by atoms with E-state index in [4.69, 9.17) is 9.47 Å². The first-order valence-electron chi connectivity index (χ1n) is 11.9. The largest absolute Gasteiger partial charge is 0.497 e. The van der Waals surface area contributed by atoms with Crippen molar-refractivity contribution in [2.24, 2.45) is 0 Å². The molecule has 2 aromatic rings. The predicted molar refractivity (Wildman–Crippen MR) is 127 cm³/mol. The van der Waals surface area contributed by atoms with Gasteiger partial charge in [0.15, 0.2) is 5.69 Å². The standard InChI is InChI=1S/C25H33N5O4/c1-33-21-11-9-19(10-12-21)8-7-15-29-17-20(30-18-22(26-27-30)25(32)34-2)16-23(29)24(31)28-13-5-3-4-6-14-28/h7-12,18,20,23H,3-6,13-17H2,1-2H3/b8-7+/t20-,23+/m1/s1. The van der Waals surface area contributed by atoms with E-state index in [9.17, 15) is 9.59 Å². The van der Waals surface area contributed by atoms with Crippen LogP contribution in [0.1, 0.15) is 54.2 Å². The maximum atomic E-state index is 13.5. The van der Waals surface area contributed by atoms with Gasteiger partial charge < -0.3 is 14.4 Å². The number of hydrogen-bond donors (Lipinski definition) is 0. The van der Waals surface area contributed by atoms with Crippen molar-refractivity contribution in [3.8, 4) is 5.75 Å². The number of methoxy groups -OCH3 is 2. The molecule has 2 aliphatic heterocycles. The lowest BCUT2D eigenvalue weighted by atomic mass is 10.1. The Bertz CT molecular complexity index is 995. The topological polar surface area (TPSA) is 89.8 Å². The first-order valence-corrected chi connectivity index (χ1v) is 11.9. The molecule has 2 aliphatic rings. The summed E-state index contributed by atoms with van der Waals surface area (Å²) in [5.74, 6) is 0.498. The van der Waals surface area contributed by atoms with Crippen molar-refractivity contribution >= 4 is 18.0 Å². The van der Waals surface area contributed by atoms with Gasteiger partial charge in [0.2, 0.25) is 5.91 Å². The molecule has 2 fully saturated rings. The van der Waals surface area contributed by atoms with E-state index >= 15 is 0 Å². The van der Waals surface area contributed by atoms with Crippen molar-refractivity contribution in [2.75, 3.05) is 40.4 Å². The number of hydrogen-bond acceptors (Lipinski definition) is 7. The highest BCUT2D eigenvalue weighted by molar-refractivity contribution is 5.86. The zero-order valence-corrected chi connectivity index (χ0v) is 19.9. The third-order valence-corrected chi connectivity index (χ3v) is 6.63. The summed E-state index contributed by atoms with van der Waals surface area (Å²) in [5.41, 5.74) is 1.25. The molecule has 9 nitrogen and oxygen atoms in total. The van der Waals surface area contributed by atoms with E-state index in [0.29, 0.717) is 19.5 Å². The molecule has 182 valence electrons. The van der Waals surface area contributed by atoms with E-state index in [1.807, 2.05) is 29.2 Å². The van der Waals surface area contributed by atoms with Gasteiger partial charge in [0.25, 0.3) is 0 Å². The first kappa shape index (κ1) is 23.9. The highest BCUT2D eigenvalue weighted by Crippen LogP contribution is 2.29. The number of likely N-dealkylation sites (tertiary alicyclic amines) is 2. The van der Waals surface area contributed by atoms with E-state index < -0.39 is 5.97 Å². The normalized spacial score (nSPS) is 21.5. The molecule has 1 amide bonds.